The first-order valence-corrected chi connectivity index (χ1v) is 6.05. The van der Waals surface area contributed by atoms with E-state index in [0.29, 0.717) is 10.7 Å². The lowest BCUT2D eigenvalue weighted by Gasteiger charge is -2.06. The first kappa shape index (κ1) is 11.8. The summed E-state index contributed by atoms with van der Waals surface area (Å²) < 4.78 is 1.29. The van der Waals surface area contributed by atoms with E-state index in [1.54, 1.807) is 24.3 Å². The molecule has 0 aliphatic carbocycles. The van der Waals surface area contributed by atoms with Gasteiger partial charge in [-0.2, -0.15) is 9.61 Å². The van der Waals surface area contributed by atoms with E-state index in [2.05, 4.69) is 10.1 Å². The van der Waals surface area contributed by atoms with Crippen LogP contribution in [0.4, 0.5) is 0 Å². The molecule has 2 heterocycles. The van der Waals surface area contributed by atoms with E-state index >= 15 is 0 Å². The number of nitrogens with one attached hydrogen (secondary N) is 1. The average Bonchev–Trinajstić information content (AvgIpc) is 2.83. The minimum atomic E-state index is -0.328. The Morgan fingerprint density at radius 2 is 2.21 bits per heavy atom. The van der Waals surface area contributed by atoms with Crippen LogP contribution in [0.25, 0.3) is 5.65 Å². The standard InChI is InChI=1S/C13H10ClN3O2/c14-9-3-1-2-8(6-9)7-10-12(18)16-11-4-5-15-17(11)13(10)19/h1-6,19H,7H2,(H,16,18). The van der Waals surface area contributed by atoms with Crippen LogP contribution >= 0.6 is 11.6 Å². The summed E-state index contributed by atoms with van der Waals surface area (Å²) in [5, 5.41) is 14.6. The zero-order valence-electron chi connectivity index (χ0n) is 9.80. The molecule has 5 nitrogen and oxygen atoms in total. The van der Waals surface area contributed by atoms with Crippen LogP contribution in [0.1, 0.15) is 11.1 Å². The van der Waals surface area contributed by atoms with Gasteiger partial charge in [0.2, 0.25) is 5.88 Å². The van der Waals surface area contributed by atoms with E-state index in [-0.39, 0.29) is 23.4 Å². The molecule has 0 unspecified atom stereocenters. The molecule has 0 radical (unpaired) electrons. The highest BCUT2D eigenvalue weighted by Crippen LogP contribution is 2.19. The fourth-order valence-corrected chi connectivity index (χ4v) is 2.21. The number of rotatable bonds is 2. The number of aromatic hydroxyl groups is 1. The molecule has 2 aromatic heterocycles. The summed E-state index contributed by atoms with van der Waals surface area (Å²) >= 11 is 5.90. The maximum Gasteiger partial charge on any atom is 0.258 e. The van der Waals surface area contributed by atoms with Gasteiger partial charge in [-0.1, -0.05) is 23.7 Å². The second-order valence-electron chi connectivity index (χ2n) is 4.19. The maximum atomic E-state index is 12.0. The lowest BCUT2D eigenvalue weighted by Crippen LogP contribution is -2.16. The largest absolute Gasteiger partial charge is 0.493 e. The summed E-state index contributed by atoms with van der Waals surface area (Å²) in [6.07, 6.45) is 1.80. The van der Waals surface area contributed by atoms with E-state index in [1.807, 2.05) is 6.07 Å². The van der Waals surface area contributed by atoms with Crippen LogP contribution in [0.5, 0.6) is 5.88 Å². The van der Waals surface area contributed by atoms with Crippen molar-refractivity contribution in [1.82, 2.24) is 14.6 Å². The number of nitrogens with zero attached hydrogens (tertiary/aromatic N) is 2. The lowest BCUT2D eigenvalue weighted by atomic mass is 10.1. The number of aromatic amines is 1. The normalized spacial score (nSPS) is 11.0. The van der Waals surface area contributed by atoms with Crippen molar-refractivity contribution < 1.29 is 5.11 Å². The van der Waals surface area contributed by atoms with Gasteiger partial charge in [0.05, 0.1) is 11.8 Å². The van der Waals surface area contributed by atoms with Gasteiger partial charge in [-0.3, -0.25) is 4.79 Å². The van der Waals surface area contributed by atoms with Gasteiger partial charge in [0.1, 0.15) is 5.65 Å². The predicted octanol–water partition coefficient (Wildman–Crippen LogP) is 1.97. The molecule has 2 N–H and O–H groups in total. The molecule has 0 saturated heterocycles. The first-order chi connectivity index (χ1) is 9.15. The van der Waals surface area contributed by atoms with Crippen molar-refractivity contribution in [2.24, 2.45) is 0 Å². The van der Waals surface area contributed by atoms with Gasteiger partial charge < -0.3 is 10.1 Å². The predicted molar refractivity (Wildman–Crippen MR) is 71.7 cm³/mol. The fraction of sp³-hybridized carbons (Fsp3) is 0.0769. The van der Waals surface area contributed by atoms with Crippen LogP contribution in [0, 0.1) is 0 Å². The highest BCUT2D eigenvalue weighted by molar-refractivity contribution is 6.30. The van der Waals surface area contributed by atoms with Crippen LogP contribution in [0.15, 0.2) is 41.3 Å². The highest BCUT2D eigenvalue weighted by atomic mass is 35.5. The van der Waals surface area contributed by atoms with Crippen molar-refractivity contribution >= 4 is 17.2 Å². The third-order valence-electron chi connectivity index (χ3n) is 2.90. The third-order valence-corrected chi connectivity index (χ3v) is 3.13. The van der Waals surface area contributed by atoms with Crippen LogP contribution in [0.3, 0.4) is 0 Å². The number of hydrogen-bond donors (Lipinski definition) is 2. The Morgan fingerprint density at radius 1 is 1.37 bits per heavy atom. The summed E-state index contributed by atoms with van der Waals surface area (Å²) in [6, 6.07) is 8.78. The van der Waals surface area contributed by atoms with Gasteiger partial charge in [0, 0.05) is 17.5 Å². The molecule has 1 aromatic carbocycles. The molecule has 0 aliphatic rings. The van der Waals surface area contributed by atoms with Gasteiger partial charge in [-0.05, 0) is 17.7 Å². The molecule has 0 aliphatic heterocycles. The summed E-state index contributed by atoms with van der Waals surface area (Å²) in [4.78, 5) is 14.6. The summed E-state index contributed by atoms with van der Waals surface area (Å²) in [5.74, 6) is -0.149. The van der Waals surface area contributed by atoms with Gasteiger partial charge in [0.15, 0.2) is 0 Å². The fourth-order valence-electron chi connectivity index (χ4n) is 2.00. The summed E-state index contributed by atoms with van der Waals surface area (Å²) in [5.41, 5.74) is 1.24. The molecule has 0 bridgehead atoms. The minimum Gasteiger partial charge on any atom is -0.493 e. The second-order valence-corrected chi connectivity index (χ2v) is 4.63. The zero-order valence-corrected chi connectivity index (χ0v) is 10.6. The second kappa shape index (κ2) is 4.44. The van der Waals surface area contributed by atoms with Crippen molar-refractivity contribution in [2.45, 2.75) is 6.42 Å². The maximum absolute atomic E-state index is 12.0. The number of H-pyrrole nitrogens is 1. The van der Waals surface area contributed by atoms with Crippen molar-refractivity contribution in [3.63, 3.8) is 0 Å². The molecule has 0 atom stereocenters. The first-order valence-electron chi connectivity index (χ1n) is 5.67. The Bertz CT molecular complexity index is 807. The summed E-state index contributed by atoms with van der Waals surface area (Å²) in [7, 11) is 0. The highest BCUT2D eigenvalue weighted by Gasteiger charge is 2.13. The Balaban J connectivity index is 2.12. The van der Waals surface area contributed by atoms with E-state index in [1.165, 1.54) is 10.7 Å². The SMILES string of the molecule is O=c1[nH]c2ccnn2c(O)c1Cc1cccc(Cl)c1. The Labute approximate surface area is 113 Å². The molecule has 0 saturated carbocycles. The average molecular weight is 276 g/mol. The van der Waals surface area contributed by atoms with Crippen molar-refractivity contribution in [1.29, 1.82) is 0 Å². The monoisotopic (exact) mass is 275 g/mol. The zero-order chi connectivity index (χ0) is 13.4. The minimum absolute atomic E-state index is 0.149. The number of fused-ring (bicyclic) bond motifs is 1. The molecule has 0 spiro atoms. The number of benzene rings is 1. The number of halogens is 1. The lowest BCUT2D eigenvalue weighted by molar-refractivity contribution is 0.428. The number of aromatic nitrogens is 3. The molecule has 0 amide bonds. The van der Waals surface area contributed by atoms with Gasteiger partial charge in [-0.25, -0.2) is 0 Å². The third kappa shape index (κ3) is 2.08. The molecule has 6 heteroatoms. The van der Waals surface area contributed by atoms with Crippen LogP contribution in [-0.4, -0.2) is 19.7 Å². The van der Waals surface area contributed by atoms with Crippen LogP contribution in [0.2, 0.25) is 5.02 Å². The van der Waals surface area contributed by atoms with Crippen LogP contribution in [-0.2, 0) is 6.42 Å². The quantitative estimate of drug-likeness (QED) is 0.751. The van der Waals surface area contributed by atoms with E-state index in [9.17, 15) is 9.90 Å². The Hall–Kier alpha value is -2.27. The molecule has 0 fully saturated rings. The van der Waals surface area contributed by atoms with E-state index in [4.69, 9.17) is 11.6 Å². The number of hydrogen-bond acceptors (Lipinski definition) is 3. The van der Waals surface area contributed by atoms with E-state index < -0.39 is 0 Å². The Morgan fingerprint density at radius 3 is 3.00 bits per heavy atom. The Kier molecular flexibility index (Phi) is 2.76. The van der Waals surface area contributed by atoms with Gasteiger partial charge >= 0.3 is 0 Å². The molecular formula is C13H10ClN3O2. The van der Waals surface area contributed by atoms with Crippen molar-refractivity contribution in [3.8, 4) is 5.88 Å². The molecular weight excluding hydrogens is 266 g/mol. The van der Waals surface area contributed by atoms with E-state index in [0.717, 1.165) is 5.56 Å². The topological polar surface area (TPSA) is 70.4 Å². The molecule has 19 heavy (non-hydrogen) atoms. The van der Waals surface area contributed by atoms with Gasteiger partial charge in [-0.15, -0.1) is 0 Å². The van der Waals surface area contributed by atoms with Crippen molar-refractivity contribution in [2.75, 3.05) is 0 Å². The van der Waals surface area contributed by atoms with Crippen LogP contribution < -0.4 is 5.56 Å². The molecule has 3 rings (SSSR count). The summed E-state index contributed by atoms with van der Waals surface area (Å²) in [6.45, 7) is 0. The smallest absolute Gasteiger partial charge is 0.258 e. The molecule has 96 valence electrons. The van der Waals surface area contributed by atoms with Gasteiger partial charge in [0.25, 0.3) is 5.56 Å². The molecule has 3 aromatic rings. The van der Waals surface area contributed by atoms with Crippen molar-refractivity contribution in [3.05, 3.63) is 63.0 Å².